The van der Waals surface area contributed by atoms with Crippen LogP contribution in [-0.2, 0) is 9.53 Å². The fraction of sp³-hybridized carbons (Fsp3) is 0.812. The van der Waals surface area contributed by atoms with Gasteiger partial charge in [-0.25, -0.2) is 0 Å². The van der Waals surface area contributed by atoms with Crippen LogP contribution in [0.3, 0.4) is 0 Å². The van der Waals surface area contributed by atoms with Gasteiger partial charge in [-0.15, -0.1) is 0 Å². The summed E-state index contributed by atoms with van der Waals surface area (Å²) in [6.07, 6.45) is 7.81. The molecule has 0 radical (unpaired) electrons. The molecule has 19 heavy (non-hydrogen) atoms. The van der Waals surface area contributed by atoms with Crippen LogP contribution in [0.2, 0.25) is 0 Å². The molecule has 2 rings (SSSR count). The zero-order valence-corrected chi connectivity index (χ0v) is 12.3. The van der Waals surface area contributed by atoms with Crippen LogP contribution in [0, 0.1) is 17.8 Å². The summed E-state index contributed by atoms with van der Waals surface area (Å²) < 4.78 is 5.32. The van der Waals surface area contributed by atoms with Gasteiger partial charge in [0.2, 0.25) is 5.91 Å². The van der Waals surface area contributed by atoms with Crippen LogP contribution in [0.25, 0.3) is 0 Å². The third-order valence-electron chi connectivity index (χ3n) is 4.43. The van der Waals surface area contributed by atoms with E-state index in [-0.39, 0.29) is 5.91 Å². The highest BCUT2D eigenvalue weighted by molar-refractivity contribution is 5.88. The normalized spacial score (nSPS) is 28.2. The predicted molar refractivity (Wildman–Crippen MR) is 76.8 cm³/mol. The Morgan fingerprint density at radius 2 is 2.11 bits per heavy atom. The zero-order chi connectivity index (χ0) is 13.7. The average Bonchev–Trinajstić information content (AvgIpc) is 3.17. The Balaban J connectivity index is 1.68. The van der Waals surface area contributed by atoms with Gasteiger partial charge >= 0.3 is 0 Å². The third-order valence-corrected chi connectivity index (χ3v) is 4.43. The summed E-state index contributed by atoms with van der Waals surface area (Å²) in [5.41, 5.74) is 1.27. The molecule has 1 aliphatic heterocycles. The van der Waals surface area contributed by atoms with Gasteiger partial charge in [0.25, 0.3) is 0 Å². The van der Waals surface area contributed by atoms with Crippen molar-refractivity contribution < 1.29 is 9.53 Å². The van der Waals surface area contributed by atoms with E-state index in [0.717, 1.165) is 38.5 Å². The highest BCUT2D eigenvalue weighted by atomic mass is 16.5. The van der Waals surface area contributed by atoms with Gasteiger partial charge in [0.1, 0.15) is 0 Å². The fourth-order valence-corrected chi connectivity index (χ4v) is 3.06. The standard InChI is InChI=1S/C16H27NO2/c1-3-4-14-10-15(14)12(2)9-16(18)17-11-13-5-7-19-8-6-13/h9,13-15H,3-8,10-11H2,1-2H3,(H,17,18)/b12-9+/t14-,15+/m1/s1. The molecule has 3 nitrogen and oxygen atoms in total. The monoisotopic (exact) mass is 265 g/mol. The Hall–Kier alpha value is -0.830. The van der Waals surface area contributed by atoms with Gasteiger partial charge in [-0.3, -0.25) is 4.79 Å². The molecule has 1 saturated carbocycles. The number of amides is 1. The largest absolute Gasteiger partial charge is 0.381 e. The molecule has 2 atom stereocenters. The molecular formula is C16H27NO2. The van der Waals surface area contributed by atoms with E-state index in [9.17, 15) is 4.79 Å². The maximum atomic E-state index is 11.9. The molecule has 0 bridgehead atoms. The minimum absolute atomic E-state index is 0.0890. The number of allylic oxidation sites excluding steroid dienone is 1. The van der Waals surface area contributed by atoms with Crippen LogP contribution >= 0.6 is 0 Å². The van der Waals surface area contributed by atoms with Gasteiger partial charge in [-0.2, -0.15) is 0 Å². The first-order chi connectivity index (χ1) is 9.20. The van der Waals surface area contributed by atoms with E-state index in [4.69, 9.17) is 4.74 Å². The maximum Gasteiger partial charge on any atom is 0.243 e. The van der Waals surface area contributed by atoms with Crippen molar-refractivity contribution in [3.8, 4) is 0 Å². The molecule has 1 heterocycles. The van der Waals surface area contributed by atoms with Gasteiger partial charge in [0.05, 0.1) is 0 Å². The molecule has 3 heteroatoms. The molecular weight excluding hydrogens is 238 g/mol. The van der Waals surface area contributed by atoms with Crippen LogP contribution < -0.4 is 5.32 Å². The zero-order valence-electron chi connectivity index (χ0n) is 12.3. The number of nitrogens with one attached hydrogen (secondary N) is 1. The molecule has 1 amide bonds. The summed E-state index contributed by atoms with van der Waals surface area (Å²) in [5, 5.41) is 3.04. The molecule has 0 aromatic carbocycles. The molecule has 0 unspecified atom stereocenters. The number of hydrogen-bond donors (Lipinski definition) is 1. The van der Waals surface area contributed by atoms with E-state index in [1.54, 1.807) is 0 Å². The van der Waals surface area contributed by atoms with Gasteiger partial charge in [-0.1, -0.05) is 25.3 Å². The maximum absolute atomic E-state index is 11.9. The van der Waals surface area contributed by atoms with Crippen molar-refractivity contribution in [1.82, 2.24) is 5.32 Å². The van der Waals surface area contributed by atoms with Crippen molar-refractivity contribution in [3.63, 3.8) is 0 Å². The number of ether oxygens (including phenoxy) is 1. The van der Waals surface area contributed by atoms with E-state index >= 15 is 0 Å². The van der Waals surface area contributed by atoms with Crippen molar-refractivity contribution in [2.45, 2.75) is 46.0 Å². The second kappa shape index (κ2) is 7.09. The molecule has 1 N–H and O–H groups in total. The Bertz CT molecular complexity index is 332. The molecule has 2 aliphatic rings. The number of rotatable bonds is 6. The lowest BCUT2D eigenvalue weighted by Gasteiger charge is -2.21. The van der Waals surface area contributed by atoms with Crippen LogP contribution in [0.1, 0.15) is 46.0 Å². The lowest BCUT2D eigenvalue weighted by Crippen LogP contribution is -2.31. The third kappa shape index (κ3) is 4.64. The van der Waals surface area contributed by atoms with E-state index < -0.39 is 0 Å². The molecule has 0 spiro atoms. The Kier molecular flexibility index (Phi) is 5.44. The highest BCUT2D eigenvalue weighted by Crippen LogP contribution is 2.46. The SMILES string of the molecule is CCC[C@@H]1C[C@H]1/C(C)=C/C(=O)NCC1CCOCC1. The summed E-state index contributed by atoms with van der Waals surface area (Å²) in [6, 6.07) is 0. The Morgan fingerprint density at radius 3 is 2.79 bits per heavy atom. The van der Waals surface area contributed by atoms with E-state index in [1.807, 2.05) is 6.08 Å². The van der Waals surface area contributed by atoms with Crippen LogP contribution in [-0.4, -0.2) is 25.7 Å². The lowest BCUT2D eigenvalue weighted by molar-refractivity contribution is -0.116. The van der Waals surface area contributed by atoms with Gasteiger partial charge < -0.3 is 10.1 Å². The van der Waals surface area contributed by atoms with Gasteiger partial charge in [0, 0.05) is 25.8 Å². The van der Waals surface area contributed by atoms with E-state index in [1.165, 1.54) is 24.8 Å². The lowest BCUT2D eigenvalue weighted by atomic mass is 10.0. The van der Waals surface area contributed by atoms with Crippen molar-refractivity contribution in [2.24, 2.45) is 17.8 Å². The van der Waals surface area contributed by atoms with Gasteiger partial charge in [-0.05, 0) is 43.9 Å². The minimum atomic E-state index is 0.0890. The van der Waals surface area contributed by atoms with Crippen LogP contribution in [0.5, 0.6) is 0 Å². The summed E-state index contributed by atoms with van der Waals surface area (Å²) in [5.74, 6) is 2.20. The van der Waals surface area contributed by atoms with Gasteiger partial charge in [0.15, 0.2) is 0 Å². The van der Waals surface area contributed by atoms with Crippen molar-refractivity contribution in [2.75, 3.05) is 19.8 Å². The number of carbonyl (C=O) groups is 1. The van der Waals surface area contributed by atoms with Crippen molar-refractivity contribution >= 4 is 5.91 Å². The fourth-order valence-electron chi connectivity index (χ4n) is 3.06. The highest BCUT2D eigenvalue weighted by Gasteiger charge is 2.37. The summed E-state index contributed by atoms with van der Waals surface area (Å²) in [7, 11) is 0. The Labute approximate surface area is 116 Å². The number of carbonyl (C=O) groups excluding carboxylic acids is 1. The average molecular weight is 265 g/mol. The first kappa shape index (κ1) is 14.6. The van der Waals surface area contributed by atoms with E-state index in [2.05, 4.69) is 19.2 Å². The van der Waals surface area contributed by atoms with E-state index in [0.29, 0.717) is 11.8 Å². The van der Waals surface area contributed by atoms with Crippen LogP contribution in [0.15, 0.2) is 11.6 Å². The first-order valence-electron chi connectivity index (χ1n) is 7.74. The molecule has 2 fully saturated rings. The minimum Gasteiger partial charge on any atom is -0.381 e. The second-order valence-electron chi connectivity index (χ2n) is 6.08. The van der Waals surface area contributed by atoms with Crippen LogP contribution in [0.4, 0.5) is 0 Å². The molecule has 0 aromatic rings. The number of hydrogen-bond acceptors (Lipinski definition) is 2. The quantitative estimate of drug-likeness (QED) is 0.750. The summed E-state index contributed by atoms with van der Waals surface area (Å²) >= 11 is 0. The molecule has 1 saturated heterocycles. The first-order valence-corrected chi connectivity index (χ1v) is 7.74. The second-order valence-corrected chi connectivity index (χ2v) is 6.08. The van der Waals surface area contributed by atoms with Crippen molar-refractivity contribution in [1.29, 1.82) is 0 Å². The topological polar surface area (TPSA) is 38.3 Å². The smallest absolute Gasteiger partial charge is 0.243 e. The van der Waals surface area contributed by atoms with Crippen molar-refractivity contribution in [3.05, 3.63) is 11.6 Å². The molecule has 1 aliphatic carbocycles. The summed E-state index contributed by atoms with van der Waals surface area (Å²) in [6.45, 7) is 6.82. The summed E-state index contributed by atoms with van der Waals surface area (Å²) in [4.78, 5) is 11.9. The Morgan fingerprint density at radius 1 is 1.37 bits per heavy atom. The molecule has 0 aromatic heterocycles. The predicted octanol–water partition coefficient (Wildman–Crippen LogP) is 2.91. The molecule has 108 valence electrons.